The van der Waals surface area contributed by atoms with E-state index in [9.17, 15) is 0 Å². The Balaban J connectivity index is 2.30. The lowest BCUT2D eigenvalue weighted by Crippen LogP contribution is -2.18. The SMILES string of the molecule is C[C@@H]1CCc2ccnn2C1. The molecule has 0 unspecified atom stereocenters. The lowest BCUT2D eigenvalue weighted by atomic mass is 10.0. The van der Waals surface area contributed by atoms with Crippen molar-refractivity contribution in [3.05, 3.63) is 18.0 Å². The van der Waals surface area contributed by atoms with Gasteiger partial charge in [-0.1, -0.05) is 6.92 Å². The molecule has 2 heterocycles. The predicted molar refractivity (Wildman–Crippen MR) is 39.7 cm³/mol. The van der Waals surface area contributed by atoms with Gasteiger partial charge in [-0.3, -0.25) is 4.68 Å². The van der Waals surface area contributed by atoms with Gasteiger partial charge in [0, 0.05) is 18.4 Å². The van der Waals surface area contributed by atoms with Crippen molar-refractivity contribution in [2.45, 2.75) is 26.3 Å². The lowest BCUT2D eigenvalue weighted by Gasteiger charge is -2.19. The topological polar surface area (TPSA) is 17.8 Å². The van der Waals surface area contributed by atoms with Crippen LogP contribution in [0.25, 0.3) is 0 Å². The summed E-state index contributed by atoms with van der Waals surface area (Å²) in [6.07, 6.45) is 4.43. The Hall–Kier alpha value is -0.790. The van der Waals surface area contributed by atoms with Gasteiger partial charge >= 0.3 is 0 Å². The van der Waals surface area contributed by atoms with Crippen molar-refractivity contribution in [3.63, 3.8) is 0 Å². The molecule has 1 atom stereocenters. The molecule has 0 spiro atoms. The minimum atomic E-state index is 0.812. The summed E-state index contributed by atoms with van der Waals surface area (Å²) >= 11 is 0. The van der Waals surface area contributed by atoms with Gasteiger partial charge in [0.1, 0.15) is 0 Å². The summed E-state index contributed by atoms with van der Waals surface area (Å²) in [6.45, 7) is 3.40. The first-order valence-corrected chi connectivity index (χ1v) is 3.87. The van der Waals surface area contributed by atoms with Crippen molar-refractivity contribution < 1.29 is 0 Å². The molecule has 0 aromatic carbocycles. The lowest BCUT2D eigenvalue weighted by molar-refractivity contribution is 0.372. The Labute approximate surface area is 60.9 Å². The van der Waals surface area contributed by atoms with Crippen LogP contribution in [0.3, 0.4) is 0 Å². The second-order valence-corrected chi connectivity index (χ2v) is 3.15. The highest BCUT2D eigenvalue weighted by Gasteiger charge is 2.13. The van der Waals surface area contributed by atoms with Crippen LogP contribution in [0.2, 0.25) is 0 Å². The van der Waals surface area contributed by atoms with Gasteiger partial charge in [0.25, 0.3) is 0 Å². The number of hydrogen-bond acceptors (Lipinski definition) is 1. The first kappa shape index (κ1) is 5.96. The van der Waals surface area contributed by atoms with Gasteiger partial charge in [-0.2, -0.15) is 5.10 Å². The maximum absolute atomic E-state index is 4.22. The van der Waals surface area contributed by atoms with Crippen molar-refractivity contribution in [3.8, 4) is 0 Å². The zero-order valence-electron chi connectivity index (χ0n) is 6.25. The van der Waals surface area contributed by atoms with Crippen LogP contribution >= 0.6 is 0 Å². The van der Waals surface area contributed by atoms with E-state index in [2.05, 4.69) is 22.8 Å². The highest BCUT2D eigenvalue weighted by atomic mass is 15.3. The molecule has 1 aliphatic rings. The second-order valence-electron chi connectivity index (χ2n) is 3.15. The molecule has 2 heteroatoms. The van der Waals surface area contributed by atoms with Gasteiger partial charge in [-0.25, -0.2) is 0 Å². The van der Waals surface area contributed by atoms with E-state index in [-0.39, 0.29) is 0 Å². The maximum atomic E-state index is 4.22. The van der Waals surface area contributed by atoms with Crippen LogP contribution in [-0.2, 0) is 13.0 Å². The standard InChI is InChI=1S/C8H12N2/c1-7-2-3-8-4-5-9-10(8)6-7/h4-5,7H,2-3,6H2,1H3/t7-/m1/s1. The Morgan fingerprint density at radius 2 is 2.60 bits per heavy atom. The molecule has 54 valence electrons. The highest BCUT2D eigenvalue weighted by Crippen LogP contribution is 2.17. The first-order chi connectivity index (χ1) is 4.86. The molecule has 1 aromatic rings. The van der Waals surface area contributed by atoms with Crippen molar-refractivity contribution in [1.29, 1.82) is 0 Å². The van der Waals surface area contributed by atoms with Gasteiger partial charge in [-0.05, 0) is 24.8 Å². The zero-order valence-corrected chi connectivity index (χ0v) is 6.25. The maximum Gasteiger partial charge on any atom is 0.0492 e. The van der Waals surface area contributed by atoms with Crippen LogP contribution in [0.4, 0.5) is 0 Å². The molecule has 1 aromatic heterocycles. The summed E-state index contributed by atoms with van der Waals surface area (Å²) in [4.78, 5) is 0. The fraction of sp³-hybridized carbons (Fsp3) is 0.625. The monoisotopic (exact) mass is 136 g/mol. The molecule has 10 heavy (non-hydrogen) atoms. The molecular weight excluding hydrogens is 124 g/mol. The largest absolute Gasteiger partial charge is 0.269 e. The third-order valence-corrected chi connectivity index (χ3v) is 2.18. The van der Waals surface area contributed by atoms with E-state index >= 15 is 0 Å². The Morgan fingerprint density at radius 3 is 3.50 bits per heavy atom. The van der Waals surface area contributed by atoms with Crippen molar-refractivity contribution in [2.24, 2.45) is 5.92 Å². The van der Waals surface area contributed by atoms with Crippen molar-refractivity contribution in [2.75, 3.05) is 0 Å². The van der Waals surface area contributed by atoms with E-state index in [1.165, 1.54) is 18.5 Å². The van der Waals surface area contributed by atoms with Gasteiger partial charge < -0.3 is 0 Å². The molecule has 1 aliphatic heterocycles. The van der Waals surface area contributed by atoms with E-state index in [0.29, 0.717) is 0 Å². The Kier molecular flexibility index (Phi) is 1.26. The van der Waals surface area contributed by atoms with Crippen LogP contribution in [0, 0.1) is 5.92 Å². The normalized spacial score (nSPS) is 24.3. The predicted octanol–water partition coefficient (Wildman–Crippen LogP) is 1.47. The van der Waals surface area contributed by atoms with Crippen molar-refractivity contribution >= 4 is 0 Å². The number of fused-ring (bicyclic) bond motifs is 1. The molecule has 0 amide bonds. The van der Waals surface area contributed by atoms with Crippen LogP contribution < -0.4 is 0 Å². The summed E-state index contributed by atoms with van der Waals surface area (Å²) in [5, 5.41) is 4.22. The molecular formula is C8H12N2. The Bertz CT molecular complexity index is 227. The smallest absolute Gasteiger partial charge is 0.0492 e. The fourth-order valence-corrected chi connectivity index (χ4v) is 1.52. The number of hydrogen-bond donors (Lipinski definition) is 0. The van der Waals surface area contributed by atoms with E-state index in [1.807, 2.05) is 6.20 Å². The van der Waals surface area contributed by atoms with Gasteiger partial charge in [-0.15, -0.1) is 0 Å². The molecule has 0 N–H and O–H groups in total. The minimum absolute atomic E-state index is 0.812. The number of aryl methyl sites for hydroxylation is 1. The third kappa shape index (κ3) is 0.838. The Morgan fingerprint density at radius 1 is 1.70 bits per heavy atom. The molecule has 2 rings (SSSR count). The number of nitrogens with zero attached hydrogens (tertiary/aromatic N) is 2. The average Bonchev–Trinajstić information content (AvgIpc) is 2.33. The van der Waals surface area contributed by atoms with Crippen LogP contribution in [-0.4, -0.2) is 9.78 Å². The van der Waals surface area contributed by atoms with E-state index in [0.717, 1.165) is 12.5 Å². The van der Waals surface area contributed by atoms with Gasteiger partial charge in [0.05, 0.1) is 0 Å². The summed E-state index contributed by atoms with van der Waals surface area (Å²) in [5.74, 6) is 0.812. The molecule has 2 nitrogen and oxygen atoms in total. The van der Waals surface area contributed by atoms with Crippen molar-refractivity contribution in [1.82, 2.24) is 9.78 Å². The van der Waals surface area contributed by atoms with E-state index in [4.69, 9.17) is 0 Å². The highest BCUT2D eigenvalue weighted by molar-refractivity contribution is 5.02. The van der Waals surface area contributed by atoms with E-state index in [1.54, 1.807) is 0 Å². The average molecular weight is 136 g/mol. The molecule has 0 radical (unpaired) electrons. The zero-order chi connectivity index (χ0) is 6.97. The van der Waals surface area contributed by atoms with Crippen LogP contribution in [0.15, 0.2) is 12.3 Å². The summed E-state index contributed by atoms with van der Waals surface area (Å²) in [6, 6.07) is 2.12. The summed E-state index contributed by atoms with van der Waals surface area (Å²) in [7, 11) is 0. The summed E-state index contributed by atoms with van der Waals surface area (Å²) < 4.78 is 2.12. The number of aromatic nitrogens is 2. The minimum Gasteiger partial charge on any atom is -0.269 e. The second kappa shape index (κ2) is 2.11. The molecule has 0 saturated heterocycles. The summed E-state index contributed by atoms with van der Waals surface area (Å²) in [5.41, 5.74) is 1.40. The quantitative estimate of drug-likeness (QED) is 0.528. The molecule has 0 saturated carbocycles. The fourth-order valence-electron chi connectivity index (χ4n) is 1.52. The number of rotatable bonds is 0. The van der Waals surface area contributed by atoms with E-state index < -0.39 is 0 Å². The third-order valence-electron chi connectivity index (χ3n) is 2.18. The first-order valence-electron chi connectivity index (χ1n) is 3.87. The molecule has 0 fully saturated rings. The molecule has 0 bridgehead atoms. The van der Waals surface area contributed by atoms with Gasteiger partial charge in [0.2, 0.25) is 0 Å². The van der Waals surface area contributed by atoms with Crippen LogP contribution in [0.5, 0.6) is 0 Å². The van der Waals surface area contributed by atoms with Crippen LogP contribution in [0.1, 0.15) is 19.0 Å². The molecule has 0 aliphatic carbocycles. The van der Waals surface area contributed by atoms with Gasteiger partial charge in [0.15, 0.2) is 0 Å².